The van der Waals surface area contributed by atoms with Crippen LogP contribution in [0.3, 0.4) is 0 Å². The highest BCUT2D eigenvalue weighted by Gasteiger charge is 2.13. The van der Waals surface area contributed by atoms with Crippen LogP contribution in [-0.4, -0.2) is 39.5 Å². The lowest BCUT2D eigenvalue weighted by Gasteiger charge is -2.10. The minimum Gasteiger partial charge on any atom is -0.341 e. The largest absolute Gasteiger partial charge is 0.341 e. The predicted octanol–water partition coefficient (Wildman–Crippen LogP) is 4.76. The summed E-state index contributed by atoms with van der Waals surface area (Å²) in [5.74, 6) is 0. The first-order valence-corrected chi connectivity index (χ1v) is 8.99. The number of hydrogen-bond donors (Lipinski definition) is 1. The number of halogens is 4. The number of imidazole rings is 2. The van der Waals surface area contributed by atoms with E-state index >= 15 is 0 Å². The molecule has 4 heterocycles. The number of fused-ring (bicyclic) bond motifs is 2. The summed E-state index contributed by atoms with van der Waals surface area (Å²) < 4.78 is 1.95. The number of nitrogens with one attached hydrogen (secondary N) is 1. The molecule has 136 valence electrons. The van der Waals surface area contributed by atoms with Crippen LogP contribution in [0.4, 0.5) is 0 Å². The van der Waals surface area contributed by atoms with E-state index in [1.165, 1.54) is 6.33 Å². The molecule has 1 atom stereocenters. The van der Waals surface area contributed by atoms with Crippen LogP contribution in [0.5, 0.6) is 0 Å². The van der Waals surface area contributed by atoms with E-state index in [1.54, 1.807) is 6.33 Å². The molecule has 0 aliphatic rings. The molecule has 8 nitrogen and oxygen atoms in total. The first kappa shape index (κ1) is 19.0. The number of hydrogen-bond acceptors (Lipinski definition) is 6. The molecule has 0 bridgehead atoms. The second kappa shape index (κ2) is 7.87. The molecule has 0 spiro atoms. The van der Waals surface area contributed by atoms with Crippen LogP contribution < -0.4 is 0 Å². The third-order valence-corrected chi connectivity index (χ3v) is 4.51. The van der Waals surface area contributed by atoms with Crippen molar-refractivity contribution in [3.05, 3.63) is 33.5 Å². The lowest BCUT2D eigenvalue weighted by Crippen LogP contribution is -2.03. The van der Waals surface area contributed by atoms with E-state index < -0.39 is 0 Å². The lowest BCUT2D eigenvalue weighted by atomic mass is 10.2. The fraction of sp³-hybridized carbons (Fsp3) is 0.286. The van der Waals surface area contributed by atoms with Gasteiger partial charge in [-0.1, -0.05) is 30.1 Å². The molecule has 1 N–H and O–H groups in total. The van der Waals surface area contributed by atoms with E-state index in [0.29, 0.717) is 33.5 Å². The highest BCUT2D eigenvalue weighted by atomic mass is 35.5. The van der Waals surface area contributed by atoms with Crippen LogP contribution in [0.2, 0.25) is 20.9 Å². The van der Waals surface area contributed by atoms with Gasteiger partial charge in [-0.3, -0.25) is 0 Å². The molecule has 12 heteroatoms. The van der Waals surface area contributed by atoms with Gasteiger partial charge in [0.25, 0.3) is 0 Å². The maximum absolute atomic E-state index is 5.91. The Kier molecular flexibility index (Phi) is 5.76. The summed E-state index contributed by atoms with van der Waals surface area (Å²) >= 11 is 22.9. The molecular formula is C14H12Cl4N8. The Hall–Kier alpha value is -1.74. The van der Waals surface area contributed by atoms with Gasteiger partial charge in [0.15, 0.2) is 21.6 Å². The maximum Gasteiger partial charge on any atom is 0.225 e. The molecule has 0 saturated carbocycles. The van der Waals surface area contributed by atoms with E-state index in [-0.39, 0.29) is 15.7 Å². The third kappa shape index (κ3) is 3.83. The Morgan fingerprint density at radius 3 is 2.42 bits per heavy atom. The quantitative estimate of drug-likeness (QED) is 0.361. The Morgan fingerprint density at radius 2 is 1.69 bits per heavy atom. The van der Waals surface area contributed by atoms with Crippen molar-refractivity contribution in [2.75, 3.05) is 0 Å². The molecule has 0 aliphatic carbocycles. The zero-order valence-corrected chi connectivity index (χ0v) is 16.6. The molecule has 0 fully saturated rings. The minimum atomic E-state index is 0.106. The SMILES string of the molecule is CCC(C)n1cnc2c(Cl)nc(Cl)nc21.Clc1nc(Cl)c2[nH]cnc2n1. The van der Waals surface area contributed by atoms with Gasteiger partial charge in [-0.25, -0.2) is 19.9 Å². The summed E-state index contributed by atoms with van der Waals surface area (Å²) in [6.45, 7) is 4.19. The van der Waals surface area contributed by atoms with E-state index in [4.69, 9.17) is 46.4 Å². The van der Waals surface area contributed by atoms with Gasteiger partial charge in [0.1, 0.15) is 11.0 Å². The summed E-state index contributed by atoms with van der Waals surface area (Å²) in [7, 11) is 0. The van der Waals surface area contributed by atoms with Crippen LogP contribution in [0, 0.1) is 0 Å². The summed E-state index contributed by atoms with van der Waals surface area (Å²) in [5.41, 5.74) is 2.38. The van der Waals surface area contributed by atoms with E-state index in [1.807, 2.05) is 4.57 Å². The average Bonchev–Trinajstić information content (AvgIpc) is 3.21. The van der Waals surface area contributed by atoms with Crippen LogP contribution in [0.25, 0.3) is 22.3 Å². The molecule has 26 heavy (non-hydrogen) atoms. The Morgan fingerprint density at radius 1 is 1.00 bits per heavy atom. The van der Waals surface area contributed by atoms with Crippen LogP contribution in [-0.2, 0) is 0 Å². The molecule has 0 aliphatic heterocycles. The highest BCUT2D eigenvalue weighted by molar-refractivity contribution is 6.35. The standard InChI is InChI=1S/C9H10Cl2N4.C5H2Cl2N4/c1-3-5(2)15-4-12-6-7(10)13-9(11)14-8(6)15;6-3-2-4(9-1-8-2)11-5(7)10-3/h4-5H,3H2,1-2H3;1H,(H,8,9,10,11). The monoisotopic (exact) mass is 432 g/mol. The van der Waals surface area contributed by atoms with Crippen LogP contribution >= 0.6 is 46.4 Å². The van der Waals surface area contributed by atoms with Gasteiger partial charge in [-0.05, 0) is 36.5 Å². The van der Waals surface area contributed by atoms with Crippen molar-refractivity contribution in [2.45, 2.75) is 26.3 Å². The molecule has 0 saturated heterocycles. The van der Waals surface area contributed by atoms with Gasteiger partial charge < -0.3 is 9.55 Å². The van der Waals surface area contributed by atoms with Gasteiger partial charge in [0.05, 0.1) is 12.7 Å². The molecule has 4 aromatic heterocycles. The smallest absolute Gasteiger partial charge is 0.225 e. The molecule has 0 aromatic carbocycles. The van der Waals surface area contributed by atoms with Gasteiger partial charge >= 0.3 is 0 Å². The average molecular weight is 434 g/mol. The number of rotatable bonds is 2. The van der Waals surface area contributed by atoms with E-state index in [2.05, 4.69) is 48.7 Å². The molecule has 1 unspecified atom stereocenters. The van der Waals surface area contributed by atoms with Crippen molar-refractivity contribution in [1.29, 1.82) is 0 Å². The van der Waals surface area contributed by atoms with E-state index in [9.17, 15) is 0 Å². The normalized spacial score (nSPS) is 12.2. The molecule has 0 amide bonds. The Bertz CT molecular complexity index is 1060. The van der Waals surface area contributed by atoms with Gasteiger partial charge in [0.2, 0.25) is 10.6 Å². The minimum absolute atomic E-state index is 0.106. The van der Waals surface area contributed by atoms with Gasteiger partial charge in [0, 0.05) is 6.04 Å². The summed E-state index contributed by atoms with van der Waals surface area (Å²) in [4.78, 5) is 26.4. The van der Waals surface area contributed by atoms with Crippen LogP contribution in [0.1, 0.15) is 26.3 Å². The van der Waals surface area contributed by atoms with Crippen molar-refractivity contribution in [2.24, 2.45) is 0 Å². The zero-order chi connectivity index (χ0) is 18.8. The molecule has 4 aromatic rings. The van der Waals surface area contributed by atoms with Crippen molar-refractivity contribution in [3.8, 4) is 0 Å². The first-order valence-electron chi connectivity index (χ1n) is 7.48. The van der Waals surface area contributed by atoms with Crippen molar-refractivity contribution < 1.29 is 0 Å². The maximum atomic E-state index is 5.91. The second-order valence-electron chi connectivity index (χ2n) is 5.25. The fourth-order valence-electron chi connectivity index (χ4n) is 2.15. The molecule has 0 radical (unpaired) electrons. The Balaban J connectivity index is 0.000000158. The molecule has 4 rings (SSSR count). The van der Waals surface area contributed by atoms with E-state index in [0.717, 1.165) is 6.42 Å². The summed E-state index contributed by atoms with van der Waals surface area (Å²) in [5, 5.41) is 0.844. The van der Waals surface area contributed by atoms with Crippen molar-refractivity contribution in [3.63, 3.8) is 0 Å². The summed E-state index contributed by atoms with van der Waals surface area (Å²) in [6.07, 6.45) is 4.20. The van der Waals surface area contributed by atoms with Crippen molar-refractivity contribution >= 4 is 68.7 Å². The zero-order valence-electron chi connectivity index (χ0n) is 13.6. The van der Waals surface area contributed by atoms with Gasteiger partial charge in [-0.2, -0.15) is 9.97 Å². The number of aromatic amines is 1. The van der Waals surface area contributed by atoms with Gasteiger partial charge in [-0.15, -0.1) is 0 Å². The summed E-state index contributed by atoms with van der Waals surface area (Å²) in [6, 6.07) is 0.317. The first-order chi connectivity index (χ1) is 12.4. The van der Waals surface area contributed by atoms with Crippen LogP contribution in [0.15, 0.2) is 12.7 Å². The number of aromatic nitrogens is 8. The second-order valence-corrected chi connectivity index (χ2v) is 6.64. The Labute approximate surface area is 167 Å². The number of H-pyrrole nitrogens is 1. The number of nitrogens with zero attached hydrogens (tertiary/aromatic N) is 7. The van der Waals surface area contributed by atoms with Crippen molar-refractivity contribution in [1.82, 2.24) is 39.5 Å². The third-order valence-electron chi connectivity index (χ3n) is 3.63. The fourth-order valence-corrected chi connectivity index (χ4v) is 3.00. The topological polar surface area (TPSA) is 98.1 Å². The lowest BCUT2D eigenvalue weighted by molar-refractivity contribution is 0.541. The molecular weight excluding hydrogens is 422 g/mol. The predicted molar refractivity (Wildman–Crippen MR) is 102 cm³/mol. The highest BCUT2D eigenvalue weighted by Crippen LogP contribution is 2.24.